The Kier molecular flexibility index (Phi) is 3.10. The van der Waals surface area contributed by atoms with Crippen LogP contribution in [0.5, 0.6) is 0 Å². The molecule has 0 aliphatic carbocycles. The molecule has 0 heterocycles. The quantitative estimate of drug-likeness (QED) is 0.555. The van der Waals surface area contributed by atoms with Crippen LogP contribution in [0.2, 0.25) is 0 Å². The van der Waals surface area contributed by atoms with Crippen molar-refractivity contribution < 1.29 is 4.79 Å². The van der Waals surface area contributed by atoms with Crippen LogP contribution in [-0.2, 0) is 0 Å². The van der Waals surface area contributed by atoms with E-state index in [1.165, 1.54) is 0 Å². The molecule has 0 atom stereocenters. The summed E-state index contributed by atoms with van der Waals surface area (Å²) in [6.45, 7) is 0.233. The molecule has 1 amide bonds. The lowest BCUT2D eigenvalue weighted by molar-refractivity contribution is 0.0962. The van der Waals surface area contributed by atoms with E-state index in [-0.39, 0.29) is 12.5 Å². The lowest BCUT2D eigenvalue weighted by Gasteiger charge is -2.10. The SMILES string of the molecule is C#CCNC(=O)c1c2ccccc2cc2ccccc12. The third kappa shape index (κ3) is 2.00. The Morgan fingerprint density at radius 1 is 1.00 bits per heavy atom. The molecule has 0 aliphatic heterocycles. The number of carbonyl (C=O) groups excluding carboxylic acids is 1. The Morgan fingerprint density at radius 3 is 2.10 bits per heavy atom. The highest BCUT2D eigenvalue weighted by Crippen LogP contribution is 2.28. The van der Waals surface area contributed by atoms with Gasteiger partial charge in [-0.2, -0.15) is 0 Å². The van der Waals surface area contributed by atoms with Crippen LogP contribution in [0.15, 0.2) is 54.6 Å². The number of amides is 1. The van der Waals surface area contributed by atoms with Crippen molar-refractivity contribution in [2.75, 3.05) is 6.54 Å². The van der Waals surface area contributed by atoms with Gasteiger partial charge in [-0.15, -0.1) is 6.42 Å². The second kappa shape index (κ2) is 5.07. The van der Waals surface area contributed by atoms with E-state index in [2.05, 4.69) is 17.3 Å². The topological polar surface area (TPSA) is 29.1 Å². The molecular formula is C18H13NO. The number of hydrogen-bond acceptors (Lipinski definition) is 1. The molecule has 0 unspecified atom stereocenters. The average molecular weight is 259 g/mol. The summed E-state index contributed by atoms with van der Waals surface area (Å²) in [7, 11) is 0. The molecule has 0 aromatic heterocycles. The smallest absolute Gasteiger partial charge is 0.253 e. The fraction of sp³-hybridized carbons (Fsp3) is 0.0556. The predicted octanol–water partition coefficient (Wildman–Crippen LogP) is 3.36. The van der Waals surface area contributed by atoms with Crippen molar-refractivity contribution in [3.8, 4) is 12.3 Å². The number of nitrogens with one attached hydrogen (secondary N) is 1. The molecule has 3 aromatic rings. The van der Waals surface area contributed by atoms with E-state index < -0.39 is 0 Å². The summed E-state index contributed by atoms with van der Waals surface area (Å²) in [6.07, 6.45) is 5.22. The van der Waals surface area contributed by atoms with Crippen molar-refractivity contribution in [2.24, 2.45) is 0 Å². The number of terminal acetylenes is 1. The van der Waals surface area contributed by atoms with Gasteiger partial charge in [0, 0.05) is 0 Å². The minimum Gasteiger partial charge on any atom is -0.341 e. The predicted molar refractivity (Wildman–Crippen MR) is 82.6 cm³/mol. The minimum absolute atomic E-state index is 0.129. The molecule has 3 aromatic carbocycles. The van der Waals surface area contributed by atoms with Crippen molar-refractivity contribution in [1.29, 1.82) is 0 Å². The van der Waals surface area contributed by atoms with Crippen LogP contribution in [0, 0.1) is 12.3 Å². The van der Waals surface area contributed by atoms with Crippen LogP contribution >= 0.6 is 0 Å². The van der Waals surface area contributed by atoms with Gasteiger partial charge in [0.05, 0.1) is 12.1 Å². The number of hydrogen-bond donors (Lipinski definition) is 1. The van der Waals surface area contributed by atoms with Crippen LogP contribution in [0.4, 0.5) is 0 Å². The summed E-state index contributed by atoms with van der Waals surface area (Å²) in [5, 5.41) is 6.75. The average Bonchev–Trinajstić information content (AvgIpc) is 2.50. The van der Waals surface area contributed by atoms with Crippen molar-refractivity contribution in [1.82, 2.24) is 5.32 Å². The van der Waals surface area contributed by atoms with E-state index in [1.54, 1.807) is 0 Å². The molecule has 3 rings (SSSR count). The van der Waals surface area contributed by atoms with E-state index in [1.807, 2.05) is 48.5 Å². The lowest BCUT2D eigenvalue weighted by Crippen LogP contribution is -2.24. The minimum atomic E-state index is -0.129. The van der Waals surface area contributed by atoms with Gasteiger partial charge in [-0.3, -0.25) is 4.79 Å². The molecule has 0 bridgehead atoms. The Labute approximate surface area is 117 Å². The summed E-state index contributed by atoms with van der Waals surface area (Å²) >= 11 is 0. The molecule has 0 fully saturated rings. The van der Waals surface area contributed by atoms with Crippen LogP contribution in [-0.4, -0.2) is 12.5 Å². The highest BCUT2D eigenvalue weighted by molar-refractivity contribution is 6.18. The fourth-order valence-corrected chi connectivity index (χ4v) is 2.48. The van der Waals surface area contributed by atoms with Crippen LogP contribution < -0.4 is 5.32 Å². The maximum Gasteiger partial charge on any atom is 0.253 e. The Morgan fingerprint density at radius 2 is 1.55 bits per heavy atom. The molecule has 0 saturated carbocycles. The van der Waals surface area contributed by atoms with Gasteiger partial charge in [0.2, 0.25) is 0 Å². The lowest BCUT2D eigenvalue weighted by atomic mass is 9.96. The van der Waals surface area contributed by atoms with Crippen LogP contribution in [0.1, 0.15) is 10.4 Å². The summed E-state index contributed by atoms with van der Waals surface area (Å²) < 4.78 is 0. The summed E-state index contributed by atoms with van der Waals surface area (Å²) in [6, 6.07) is 17.9. The van der Waals surface area contributed by atoms with Gasteiger partial charge in [0.15, 0.2) is 0 Å². The second-order valence-corrected chi connectivity index (χ2v) is 4.58. The molecule has 96 valence electrons. The third-order valence-electron chi connectivity index (χ3n) is 3.35. The number of fused-ring (bicyclic) bond motifs is 2. The van der Waals surface area contributed by atoms with Gasteiger partial charge in [-0.25, -0.2) is 0 Å². The number of rotatable bonds is 2. The van der Waals surface area contributed by atoms with Gasteiger partial charge in [0.1, 0.15) is 0 Å². The third-order valence-corrected chi connectivity index (χ3v) is 3.35. The second-order valence-electron chi connectivity index (χ2n) is 4.58. The van der Waals surface area contributed by atoms with E-state index in [0.717, 1.165) is 21.5 Å². The largest absolute Gasteiger partial charge is 0.341 e. The first-order chi connectivity index (χ1) is 9.81. The maximum atomic E-state index is 12.4. The molecule has 0 spiro atoms. The first-order valence-electron chi connectivity index (χ1n) is 6.43. The Bertz CT molecular complexity index is 789. The van der Waals surface area contributed by atoms with E-state index in [0.29, 0.717) is 5.56 Å². The standard InChI is InChI=1S/C18H13NO/c1-2-11-19-18(20)17-15-9-5-3-7-13(15)12-14-8-4-6-10-16(14)17/h1,3-10,12H,11H2,(H,19,20). The zero-order valence-electron chi connectivity index (χ0n) is 10.9. The van der Waals surface area contributed by atoms with E-state index in [4.69, 9.17) is 6.42 Å². The normalized spacial score (nSPS) is 10.3. The summed E-state index contributed by atoms with van der Waals surface area (Å²) in [5.74, 6) is 2.30. The van der Waals surface area contributed by atoms with E-state index >= 15 is 0 Å². The molecule has 2 heteroatoms. The zero-order chi connectivity index (χ0) is 13.9. The van der Waals surface area contributed by atoms with Crippen molar-refractivity contribution in [3.63, 3.8) is 0 Å². The number of benzene rings is 3. The van der Waals surface area contributed by atoms with Gasteiger partial charge in [0.25, 0.3) is 5.91 Å². The highest BCUT2D eigenvalue weighted by Gasteiger charge is 2.13. The Balaban J connectivity index is 2.34. The van der Waals surface area contributed by atoms with Crippen molar-refractivity contribution in [3.05, 3.63) is 60.2 Å². The van der Waals surface area contributed by atoms with E-state index in [9.17, 15) is 4.79 Å². The van der Waals surface area contributed by atoms with Crippen LogP contribution in [0.25, 0.3) is 21.5 Å². The maximum absolute atomic E-state index is 12.4. The van der Waals surface area contributed by atoms with Crippen molar-refractivity contribution >= 4 is 27.5 Å². The van der Waals surface area contributed by atoms with Crippen LogP contribution in [0.3, 0.4) is 0 Å². The molecule has 0 radical (unpaired) electrons. The molecule has 1 N–H and O–H groups in total. The molecular weight excluding hydrogens is 246 g/mol. The zero-order valence-corrected chi connectivity index (χ0v) is 10.9. The van der Waals surface area contributed by atoms with Gasteiger partial charge in [-0.05, 0) is 27.6 Å². The molecule has 0 aliphatic rings. The monoisotopic (exact) mass is 259 g/mol. The van der Waals surface area contributed by atoms with Gasteiger partial charge in [-0.1, -0.05) is 54.5 Å². The molecule has 2 nitrogen and oxygen atoms in total. The fourth-order valence-electron chi connectivity index (χ4n) is 2.48. The molecule has 20 heavy (non-hydrogen) atoms. The first-order valence-corrected chi connectivity index (χ1v) is 6.43. The Hall–Kier alpha value is -2.79. The molecule has 0 saturated heterocycles. The highest BCUT2D eigenvalue weighted by atomic mass is 16.1. The van der Waals surface area contributed by atoms with Gasteiger partial charge < -0.3 is 5.32 Å². The summed E-state index contributed by atoms with van der Waals surface area (Å²) in [4.78, 5) is 12.4. The summed E-state index contributed by atoms with van der Waals surface area (Å²) in [5.41, 5.74) is 0.689. The first kappa shape index (κ1) is 12.3. The van der Waals surface area contributed by atoms with Gasteiger partial charge >= 0.3 is 0 Å². The number of carbonyl (C=O) groups is 1. The van der Waals surface area contributed by atoms with Crippen molar-refractivity contribution in [2.45, 2.75) is 0 Å².